The summed E-state index contributed by atoms with van der Waals surface area (Å²) in [4.78, 5) is 18.9. The predicted molar refractivity (Wildman–Crippen MR) is 131 cm³/mol. The second-order valence-corrected chi connectivity index (χ2v) is 9.11. The highest BCUT2D eigenvalue weighted by molar-refractivity contribution is 7.98. The lowest BCUT2D eigenvalue weighted by atomic mass is 10.1. The van der Waals surface area contributed by atoms with Crippen molar-refractivity contribution in [3.8, 4) is 11.4 Å². The monoisotopic (exact) mass is 480 g/mol. The number of anilines is 2. The Bertz CT molecular complexity index is 1270. The molecule has 0 radical (unpaired) electrons. The third kappa shape index (κ3) is 5.07. The van der Waals surface area contributed by atoms with E-state index in [0.717, 1.165) is 33.9 Å². The van der Waals surface area contributed by atoms with E-state index >= 15 is 0 Å². The SMILES string of the molecule is CCOc1ccccc1-n1nnnc1SCc1csc(N(C(C)=O)c2ccc(C)cc2C)n1. The minimum atomic E-state index is -0.0769. The zero-order valence-corrected chi connectivity index (χ0v) is 20.5. The van der Waals surface area contributed by atoms with Crippen LogP contribution in [0.25, 0.3) is 5.69 Å². The summed E-state index contributed by atoms with van der Waals surface area (Å²) in [6, 6.07) is 13.7. The zero-order chi connectivity index (χ0) is 23.4. The molecule has 0 bridgehead atoms. The van der Waals surface area contributed by atoms with E-state index in [1.54, 1.807) is 16.5 Å². The van der Waals surface area contributed by atoms with Gasteiger partial charge in [0.05, 0.1) is 18.0 Å². The molecule has 0 saturated carbocycles. The van der Waals surface area contributed by atoms with E-state index in [2.05, 4.69) is 21.6 Å². The van der Waals surface area contributed by atoms with Gasteiger partial charge in [-0.2, -0.15) is 4.68 Å². The van der Waals surface area contributed by atoms with Crippen LogP contribution in [-0.4, -0.2) is 37.7 Å². The van der Waals surface area contributed by atoms with Gasteiger partial charge in [0.25, 0.3) is 0 Å². The molecule has 2 aromatic carbocycles. The first kappa shape index (κ1) is 22.9. The van der Waals surface area contributed by atoms with E-state index in [1.165, 1.54) is 23.1 Å². The molecule has 0 spiro atoms. The molecular formula is C23H24N6O2S2. The lowest BCUT2D eigenvalue weighted by Crippen LogP contribution is -2.23. The standard InChI is InChI=1S/C23H24N6O2S2/c1-5-31-21-9-7-6-8-20(21)29-23(25-26-27-29)33-14-18-13-32-22(24-18)28(17(4)30)19-11-10-15(2)12-16(19)3/h6-13H,5,14H2,1-4H3. The van der Waals surface area contributed by atoms with Gasteiger partial charge in [-0.05, 0) is 55.0 Å². The number of carbonyl (C=O) groups excluding carboxylic acids is 1. The zero-order valence-electron chi connectivity index (χ0n) is 18.8. The van der Waals surface area contributed by atoms with Crippen molar-refractivity contribution < 1.29 is 9.53 Å². The van der Waals surface area contributed by atoms with E-state index in [-0.39, 0.29) is 5.91 Å². The van der Waals surface area contributed by atoms with Gasteiger partial charge in [-0.15, -0.1) is 16.4 Å². The minimum absolute atomic E-state index is 0.0769. The molecule has 4 aromatic rings. The first-order valence-electron chi connectivity index (χ1n) is 10.4. The fourth-order valence-electron chi connectivity index (χ4n) is 3.40. The molecule has 33 heavy (non-hydrogen) atoms. The van der Waals surface area contributed by atoms with Crippen LogP contribution in [0.3, 0.4) is 0 Å². The number of para-hydroxylation sites is 2. The molecule has 2 heterocycles. The molecule has 0 unspecified atom stereocenters. The fraction of sp³-hybridized carbons (Fsp3) is 0.261. The summed E-state index contributed by atoms with van der Waals surface area (Å²) < 4.78 is 7.38. The number of hydrogen-bond donors (Lipinski definition) is 0. The number of nitrogens with zero attached hydrogens (tertiary/aromatic N) is 6. The summed E-state index contributed by atoms with van der Waals surface area (Å²) in [5.41, 5.74) is 4.66. The average Bonchev–Trinajstić information content (AvgIpc) is 3.44. The van der Waals surface area contributed by atoms with Crippen LogP contribution in [0, 0.1) is 13.8 Å². The number of benzene rings is 2. The van der Waals surface area contributed by atoms with Crippen molar-refractivity contribution in [1.82, 2.24) is 25.2 Å². The Morgan fingerprint density at radius 3 is 2.79 bits per heavy atom. The highest BCUT2D eigenvalue weighted by atomic mass is 32.2. The number of ether oxygens (including phenoxy) is 1. The Morgan fingerprint density at radius 1 is 1.21 bits per heavy atom. The summed E-state index contributed by atoms with van der Waals surface area (Å²) in [6.07, 6.45) is 0. The van der Waals surface area contributed by atoms with Crippen LogP contribution in [0.4, 0.5) is 10.8 Å². The summed E-state index contributed by atoms with van der Waals surface area (Å²) in [7, 11) is 0. The lowest BCUT2D eigenvalue weighted by molar-refractivity contribution is -0.115. The largest absolute Gasteiger partial charge is 0.492 e. The Morgan fingerprint density at radius 2 is 2.03 bits per heavy atom. The Kier molecular flexibility index (Phi) is 7.05. The van der Waals surface area contributed by atoms with E-state index < -0.39 is 0 Å². The number of thioether (sulfide) groups is 1. The van der Waals surface area contributed by atoms with Crippen LogP contribution in [0.5, 0.6) is 5.75 Å². The maximum absolute atomic E-state index is 12.5. The quantitative estimate of drug-likeness (QED) is 0.324. The molecular weight excluding hydrogens is 456 g/mol. The van der Waals surface area contributed by atoms with Crippen LogP contribution < -0.4 is 9.64 Å². The topological polar surface area (TPSA) is 86.0 Å². The van der Waals surface area contributed by atoms with Crippen LogP contribution in [-0.2, 0) is 10.5 Å². The van der Waals surface area contributed by atoms with Crippen molar-refractivity contribution in [1.29, 1.82) is 0 Å². The van der Waals surface area contributed by atoms with E-state index in [1.807, 2.05) is 62.5 Å². The van der Waals surface area contributed by atoms with Gasteiger partial charge in [0.15, 0.2) is 5.13 Å². The number of amides is 1. The van der Waals surface area contributed by atoms with Crippen molar-refractivity contribution in [2.75, 3.05) is 11.5 Å². The number of hydrogen-bond acceptors (Lipinski definition) is 8. The predicted octanol–water partition coefficient (Wildman–Crippen LogP) is 5.11. The molecule has 0 N–H and O–H groups in total. The van der Waals surface area contributed by atoms with Crippen molar-refractivity contribution in [3.05, 3.63) is 64.7 Å². The van der Waals surface area contributed by atoms with Crippen LogP contribution in [0.1, 0.15) is 30.7 Å². The first-order chi connectivity index (χ1) is 16.0. The molecule has 0 saturated heterocycles. The van der Waals surface area contributed by atoms with Gasteiger partial charge in [0.1, 0.15) is 11.4 Å². The smallest absolute Gasteiger partial charge is 0.230 e. The molecule has 0 atom stereocenters. The number of thiazole rings is 1. The molecule has 0 aliphatic carbocycles. The van der Waals surface area contributed by atoms with E-state index in [0.29, 0.717) is 22.6 Å². The summed E-state index contributed by atoms with van der Waals surface area (Å²) in [5, 5.41) is 15.4. The third-order valence-corrected chi connectivity index (χ3v) is 6.65. The third-order valence-electron chi connectivity index (χ3n) is 4.82. The first-order valence-corrected chi connectivity index (χ1v) is 12.3. The van der Waals surface area contributed by atoms with Crippen LogP contribution >= 0.6 is 23.1 Å². The second-order valence-electron chi connectivity index (χ2n) is 7.33. The molecule has 0 aliphatic heterocycles. The number of rotatable bonds is 8. The van der Waals surface area contributed by atoms with Crippen molar-refractivity contribution in [2.45, 2.75) is 38.6 Å². The lowest BCUT2D eigenvalue weighted by Gasteiger charge is -2.20. The normalized spacial score (nSPS) is 10.9. The molecule has 4 rings (SSSR count). The Hall–Kier alpha value is -3.24. The number of tetrazole rings is 1. The molecule has 170 valence electrons. The molecule has 0 aliphatic rings. The van der Waals surface area contributed by atoms with Crippen molar-refractivity contribution in [2.24, 2.45) is 0 Å². The van der Waals surface area contributed by atoms with Gasteiger partial charge in [-0.25, -0.2) is 4.98 Å². The van der Waals surface area contributed by atoms with Crippen molar-refractivity contribution >= 4 is 39.8 Å². The second kappa shape index (κ2) is 10.1. The average molecular weight is 481 g/mol. The highest BCUT2D eigenvalue weighted by Crippen LogP contribution is 2.33. The summed E-state index contributed by atoms with van der Waals surface area (Å²) in [5.74, 6) is 1.20. The van der Waals surface area contributed by atoms with E-state index in [9.17, 15) is 4.79 Å². The van der Waals surface area contributed by atoms with Crippen LogP contribution in [0.15, 0.2) is 53.0 Å². The Labute approximate surface area is 200 Å². The maximum Gasteiger partial charge on any atom is 0.230 e. The fourth-order valence-corrected chi connectivity index (χ4v) is 5.16. The van der Waals surface area contributed by atoms with Gasteiger partial charge in [-0.1, -0.05) is 41.6 Å². The van der Waals surface area contributed by atoms with Gasteiger partial charge >= 0.3 is 0 Å². The molecule has 0 fully saturated rings. The summed E-state index contributed by atoms with van der Waals surface area (Å²) in [6.45, 7) is 8.08. The van der Waals surface area contributed by atoms with E-state index in [4.69, 9.17) is 9.72 Å². The molecule has 10 heteroatoms. The number of aryl methyl sites for hydroxylation is 2. The maximum atomic E-state index is 12.5. The minimum Gasteiger partial charge on any atom is -0.492 e. The number of carbonyl (C=O) groups is 1. The molecule has 8 nitrogen and oxygen atoms in total. The number of aromatic nitrogens is 5. The molecule has 2 aromatic heterocycles. The van der Waals surface area contributed by atoms with Crippen LogP contribution in [0.2, 0.25) is 0 Å². The van der Waals surface area contributed by atoms with Gasteiger partial charge in [0, 0.05) is 18.1 Å². The van der Waals surface area contributed by atoms with Gasteiger partial charge < -0.3 is 4.74 Å². The van der Waals surface area contributed by atoms with Crippen molar-refractivity contribution in [3.63, 3.8) is 0 Å². The van der Waals surface area contributed by atoms with Gasteiger partial charge in [-0.3, -0.25) is 9.69 Å². The Balaban J connectivity index is 1.54. The van der Waals surface area contributed by atoms with Gasteiger partial charge in [0.2, 0.25) is 11.1 Å². The highest BCUT2D eigenvalue weighted by Gasteiger charge is 2.20. The summed E-state index contributed by atoms with van der Waals surface area (Å²) >= 11 is 2.92. The molecule has 1 amide bonds.